The first-order chi connectivity index (χ1) is 11.8. The SMILES string of the molecule is CC1CS(=O)(=O)N(c2ccc(C(=O)Nc3cccc(Cl)c3)cc2)C1=O. The molecule has 130 valence electrons. The zero-order chi connectivity index (χ0) is 18.2. The van der Waals surface area contributed by atoms with Gasteiger partial charge in [0.25, 0.3) is 5.91 Å². The summed E-state index contributed by atoms with van der Waals surface area (Å²) in [6.45, 7) is 1.58. The van der Waals surface area contributed by atoms with E-state index in [9.17, 15) is 18.0 Å². The highest BCUT2D eigenvalue weighted by Gasteiger charge is 2.41. The lowest BCUT2D eigenvalue weighted by atomic mass is 10.1. The third-order valence-corrected chi connectivity index (χ3v) is 5.91. The molecule has 1 heterocycles. The average molecular weight is 379 g/mol. The molecule has 1 unspecified atom stereocenters. The summed E-state index contributed by atoms with van der Waals surface area (Å²) in [6.07, 6.45) is 0. The predicted molar refractivity (Wildman–Crippen MR) is 96.3 cm³/mol. The molecule has 1 N–H and O–H groups in total. The summed E-state index contributed by atoms with van der Waals surface area (Å²) < 4.78 is 25.0. The molecular formula is C17H15ClN2O4S. The van der Waals surface area contributed by atoms with Crippen LogP contribution in [0.3, 0.4) is 0 Å². The van der Waals surface area contributed by atoms with Gasteiger partial charge in [0.05, 0.1) is 17.4 Å². The largest absolute Gasteiger partial charge is 0.322 e. The molecule has 1 aliphatic heterocycles. The fourth-order valence-corrected chi connectivity index (χ4v) is 4.62. The van der Waals surface area contributed by atoms with E-state index < -0.39 is 21.8 Å². The summed E-state index contributed by atoms with van der Waals surface area (Å²) in [5, 5.41) is 3.20. The smallest absolute Gasteiger partial charge is 0.255 e. The maximum atomic E-state index is 12.2. The Bertz CT molecular complexity index is 941. The summed E-state index contributed by atoms with van der Waals surface area (Å²) in [4.78, 5) is 24.3. The predicted octanol–water partition coefficient (Wildman–Crippen LogP) is 2.90. The van der Waals surface area contributed by atoms with Crippen molar-refractivity contribution in [2.75, 3.05) is 15.4 Å². The molecule has 1 saturated heterocycles. The van der Waals surface area contributed by atoms with E-state index in [4.69, 9.17) is 11.6 Å². The Balaban J connectivity index is 1.81. The van der Waals surface area contributed by atoms with E-state index in [1.165, 1.54) is 24.3 Å². The van der Waals surface area contributed by atoms with Gasteiger partial charge in [0.2, 0.25) is 15.9 Å². The van der Waals surface area contributed by atoms with Gasteiger partial charge in [-0.1, -0.05) is 24.6 Å². The lowest BCUT2D eigenvalue weighted by Gasteiger charge is -2.15. The fourth-order valence-electron chi connectivity index (χ4n) is 2.60. The Labute approximate surface area is 150 Å². The van der Waals surface area contributed by atoms with Gasteiger partial charge in [0, 0.05) is 16.3 Å². The standard InChI is InChI=1S/C17H15ClN2O4S/c1-11-10-25(23,24)20(17(11)22)15-7-5-12(6-8-15)16(21)19-14-4-2-3-13(18)9-14/h2-9,11H,10H2,1H3,(H,19,21). The monoisotopic (exact) mass is 378 g/mol. The van der Waals surface area contributed by atoms with Gasteiger partial charge < -0.3 is 5.32 Å². The maximum absolute atomic E-state index is 12.2. The number of nitrogens with zero attached hydrogens (tertiary/aromatic N) is 1. The quantitative estimate of drug-likeness (QED) is 0.890. The Morgan fingerprint density at radius 1 is 1.20 bits per heavy atom. The number of rotatable bonds is 3. The Kier molecular flexibility index (Phi) is 4.53. The van der Waals surface area contributed by atoms with E-state index in [0.717, 1.165) is 4.31 Å². The Morgan fingerprint density at radius 2 is 1.88 bits per heavy atom. The van der Waals surface area contributed by atoms with Gasteiger partial charge in [-0.2, -0.15) is 0 Å². The molecule has 0 spiro atoms. The van der Waals surface area contributed by atoms with E-state index in [1.807, 2.05) is 0 Å². The number of halogens is 1. The van der Waals surface area contributed by atoms with E-state index >= 15 is 0 Å². The molecule has 1 atom stereocenters. The molecular weight excluding hydrogens is 364 g/mol. The van der Waals surface area contributed by atoms with Crippen LogP contribution in [-0.2, 0) is 14.8 Å². The Hall–Kier alpha value is -2.38. The highest BCUT2D eigenvalue weighted by Crippen LogP contribution is 2.28. The molecule has 1 aliphatic rings. The minimum absolute atomic E-state index is 0.206. The van der Waals surface area contributed by atoms with Crippen molar-refractivity contribution >= 4 is 44.8 Å². The van der Waals surface area contributed by atoms with Crippen molar-refractivity contribution in [2.24, 2.45) is 5.92 Å². The second-order valence-corrected chi connectivity index (χ2v) is 8.09. The molecule has 3 rings (SSSR count). The van der Waals surface area contributed by atoms with E-state index in [2.05, 4.69) is 5.32 Å². The number of sulfonamides is 1. The van der Waals surface area contributed by atoms with E-state index in [0.29, 0.717) is 16.3 Å². The summed E-state index contributed by atoms with van der Waals surface area (Å²) in [5.41, 5.74) is 1.11. The third kappa shape index (κ3) is 3.52. The maximum Gasteiger partial charge on any atom is 0.255 e. The molecule has 25 heavy (non-hydrogen) atoms. The molecule has 1 fully saturated rings. The molecule has 6 nitrogen and oxygen atoms in total. The third-order valence-electron chi connectivity index (χ3n) is 3.81. The number of amides is 2. The molecule has 0 aliphatic carbocycles. The van der Waals surface area contributed by atoms with E-state index in [1.54, 1.807) is 31.2 Å². The van der Waals surface area contributed by atoms with Crippen LogP contribution in [0.25, 0.3) is 0 Å². The number of carbonyl (C=O) groups excluding carboxylic acids is 2. The fraction of sp³-hybridized carbons (Fsp3) is 0.176. The van der Waals surface area contributed by atoms with Gasteiger partial charge in [0.15, 0.2) is 0 Å². The molecule has 2 aromatic carbocycles. The van der Waals surface area contributed by atoms with Crippen LogP contribution in [-0.4, -0.2) is 26.0 Å². The van der Waals surface area contributed by atoms with Crippen LogP contribution in [0.4, 0.5) is 11.4 Å². The Morgan fingerprint density at radius 3 is 2.44 bits per heavy atom. The summed E-state index contributed by atoms with van der Waals surface area (Å²) in [5.74, 6) is -1.60. The molecule has 8 heteroatoms. The number of hydrogen-bond donors (Lipinski definition) is 1. The highest BCUT2D eigenvalue weighted by molar-refractivity contribution is 7.94. The zero-order valence-electron chi connectivity index (χ0n) is 13.3. The molecule has 0 bridgehead atoms. The number of carbonyl (C=O) groups is 2. The van der Waals surface area contributed by atoms with Crippen LogP contribution >= 0.6 is 11.6 Å². The molecule has 2 amide bonds. The van der Waals surface area contributed by atoms with Gasteiger partial charge >= 0.3 is 0 Å². The number of nitrogens with one attached hydrogen (secondary N) is 1. The number of hydrogen-bond acceptors (Lipinski definition) is 4. The van der Waals surface area contributed by atoms with Crippen molar-refractivity contribution in [2.45, 2.75) is 6.92 Å². The molecule has 0 radical (unpaired) electrons. The normalized spacial score (nSPS) is 19.0. The molecule has 0 aromatic heterocycles. The second kappa shape index (κ2) is 6.50. The van der Waals surface area contributed by atoms with Gasteiger partial charge in [-0.15, -0.1) is 0 Å². The van der Waals surface area contributed by atoms with Gasteiger partial charge in [0.1, 0.15) is 0 Å². The zero-order valence-corrected chi connectivity index (χ0v) is 14.8. The first-order valence-corrected chi connectivity index (χ1v) is 9.50. The molecule has 2 aromatic rings. The van der Waals surface area contributed by atoms with Crippen LogP contribution in [0.5, 0.6) is 0 Å². The van der Waals surface area contributed by atoms with Crippen molar-refractivity contribution in [1.29, 1.82) is 0 Å². The lowest BCUT2D eigenvalue weighted by Crippen LogP contribution is -2.30. The van der Waals surface area contributed by atoms with Crippen molar-refractivity contribution in [3.63, 3.8) is 0 Å². The minimum atomic E-state index is -3.66. The summed E-state index contributed by atoms with van der Waals surface area (Å²) in [6, 6.07) is 12.6. The van der Waals surface area contributed by atoms with Crippen LogP contribution in [0.2, 0.25) is 5.02 Å². The summed E-state index contributed by atoms with van der Waals surface area (Å²) in [7, 11) is -3.66. The van der Waals surface area contributed by atoms with Crippen molar-refractivity contribution in [3.8, 4) is 0 Å². The van der Waals surface area contributed by atoms with Crippen molar-refractivity contribution in [3.05, 3.63) is 59.1 Å². The highest BCUT2D eigenvalue weighted by atomic mass is 35.5. The van der Waals surface area contributed by atoms with Gasteiger partial charge in [-0.05, 0) is 42.5 Å². The minimum Gasteiger partial charge on any atom is -0.322 e. The van der Waals surface area contributed by atoms with Crippen molar-refractivity contribution < 1.29 is 18.0 Å². The molecule has 0 saturated carbocycles. The van der Waals surface area contributed by atoms with Crippen LogP contribution < -0.4 is 9.62 Å². The number of benzene rings is 2. The summed E-state index contributed by atoms with van der Waals surface area (Å²) >= 11 is 5.87. The second-order valence-electron chi connectivity index (χ2n) is 5.79. The average Bonchev–Trinajstić information content (AvgIpc) is 2.75. The van der Waals surface area contributed by atoms with Crippen LogP contribution in [0.15, 0.2) is 48.5 Å². The van der Waals surface area contributed by atoms with Gasteiger partial charge in [-0.25, -0.2) is 12.7 Å². The lowest BCUT2D eigenvalue weighted by molar-refractivity contribution is -0.119. The number of anilines is 2. The van der Waals surface area contributed by atoms with Crippen LogP contribution in [0, 0.1) is 5.92 Å². The van der Waals surface area contributed by atoms with E-state index in [-0.39, 0.29) is 17.3 Å². The van der Waals surface area contributed by atoms with Gasteiger partial charge in [-0.3, -0.25) is 9.59 Å². The first-order valence-electron chi connectivity index (χ1n) is 7.52. The van der Waals surface area contributed by atoms with Crippen LogP contribution in [0.1, 0.15) is 17.3 Å². The van der Waals surface area contributed by atoms with Crippen molar-refractivity contribution in [1.82, 2.24) is 0 Å². The topological polar surface area (TPSA) is 83.6 Å². The first kappa shape index (κ1) is 17.4.